The van der Waals surface area contributed by atoms with Gasteiger partial charge < -0.3 is 0 Å². The number of unbranched alkanes of at least 4 members (excludes halogenated alkanes) is 1. The van der Waals surface area contributed by atoms with E-state index in [1.165, 1.54) is 11.3 Å². The van der Waals surface area contributed by atoms with E-state index >= 15 is 0 Å². The van der Waals surface area contributed by atoms with E-state index in [4.69, 9.17) is 11.6 Å². The number of hydrogen-bond donors (Lipinski definition) is 1. The molecule has 0 saturated carbocycles. The van der Waals surface area contributed by atoms with Crippen LogP contribution in [0, 0.1) is 6.92 Å². The average molecular weight is 283 g/mol. The van der Waals surface area contributed by atoms with E-state index in [0.717, 1.165) is 17.1 Å². The van der Waals surface area contributed by atoms with Crippen LogP contribution in [0.25, 0.3) is 0 Å². The van der Waals surface area contributed by atoms with Crippen LogP contribution in [0.5, 0.6) is 0 Å². The first-order chi connectivity index (χ1) is 7.53. The van der Waals surface area contributed by atoms with Crippen molar-refractivity contribution in [2.45, 2.75) is 26.3 Å². The van der Waals surface area contributed by atoms with Crippen LogP contribution >= 0.6 is 22.9 Å². The Morgan fingerprint density at radius 2 is 2.25 bits per heavy atom. The fourth-order valence-corrected chi connectivity index (χ4v) is 3.03. The van der Waals surface area contributed by atoms with E-state index in [-0.39, 0.29) is 12.3 Å². The Hall–Kier alpha value is -0.170. The molecule has 0 fully saturated rings. The van der Waals surface area contributed by atoms with Crippen LogP contribution < -0.4 is 4.72 Å². The third-order valence-corrected chi connectivity index (χ3v) is 4.44. The molecule has 0 spiro atoms. The predicted molar refractivity (Wildman–Crippen MR) is 67.4 cm³/mol. The summed E-state index contributed by atoms with van der Waals surface area (Å²) in [6, 6.07) is 0. The van der Waals surface area contributed by atoms with Crippen LogP contribution in [0.1, 0.15) is 23.5 Å². The highest BCUT2D eigenvalue weighted by molar-refractivity contribution is 7.89. The highest BCUT2D eigenvalue weighted by Gasteiger charge is 2.10. The number of thiazole rings is 1. The van der Waals surface area contributed by atoms with Crippen LogP contribution in [0.2, 0.25) is 0 Å². The Balaban J connectivity index is 2.36. The number of hydrogen-bond acceptors (Lipinski definition) is 4. The normalized spacial score (nSPS) is 11.9. The lowest BCUT2D eigenvalue weighted by Crippen LogP contribution is -2.26. The van der Waals surface area contributed by atoms with Crippen molar-refractivity contribution in [1.82, 2.24) is 9.71 Å². The zero-order valence-electron chi connectivity index (χ0n) is 9.07. The van der Waals surface area contributed by atoms with Crippen molar-refractivity contribution in [2.24, 2.45) is 0 Å². The summed E-state index contributed by atoms with van der Waals surface area (Å²) in [5, 5.41) is 2.80. The molecule has 1 heterocycles. The maximum Gasteiger partial charge on any atom is 0.211 e. The summed E-state index contributed by atoms with van der Waals surface area (Å²) < 4.78 is 25.5. The molecule has 4 nitrogen and oxygen atoms in total. The highest BCUT2D eigenvalue weighted by atomic mass is 35.5. The molecule has 0 aromatic carbocycles. The van der Waals surface area contributed by atoms with Gasteiger partial charge in [-0.3, -0.25) is 0 Å². The number of aryl methyl sites for hydroxylation is 1. The number of aromatic nitrogens is 1. The van der Waals surface area contributed by atoms with Gasteiger partial charge in [-0.05, 0) is 19.8 Å². The van der Waals surface area contributed by atoms with Gasteiger partial charge in [0, 0.05) is 11.3 Å². The summed E-state index contributed by atoms with van der Waals surface area (Å²) in [6.45, 7) is 2.16. The molecule has 0 radical (unpaired) electrons. The first-order valence-electron chi connectivity index (χ1n) is 4.98. The number of halogens is 1. The van der Waals surface area contributed by atoms with E-state index in [1.807, 2.05) is 12.3 Å². The Bertz CT molecular complexity index is 417. The maximum absolute atomic E-state index is 11.5. The largest absolute Gasteiger partial charge is 0.245 e. The van der Waals surface area contributed by atoms with Gasteiger partial charge in [0.25, 0.3) is 0 Å². The molecule has 0 atom stereocenters. The standard InChI is InChI=1S/C9H15ClN2O2S2/c1-8-12-9(7-15-8)6-11-16(13,14)5-3-2-4-10/h7,11H,2-6H2,1H3. The number of nitrogens with one attached hydrogen (secondary N) is 1. The van der Waals surface area contributed by atoms with Gasteiger partial charge in [-0.25, -0.2) is 18.1 Å². The number of sulfonamides is 1. The van der Waals surface area contributed by atoms with E-state index < -0.39 is 10.0 Å². The third-order valence-electron chi connectivity index (χ3n) is 1.94. The van der Waals surface area contributed by atoms with Gasteiger partial charge in [0.1, 0.15) is 0 Å². The Kier molecular flexibility index (Phi) is 5.68. The van der Waals surface area contributed by atoms with E-state index in [2.05, 4.69) is 9.71 Å². The smallest absolute Gasteiger partial charge is 0.211 e. The number of nitrogens with zero attached hydrogens (tertiary/aromatic N) is 1. The van der Waals surface area contributed by atoms with Gasteiger partial charge >= 0.3 is 0 Å². The van der Waals surface area contributed by atoms with Crippen molar-refractivity contribution in [2.75, 3.05) is 11.6 Å². The highest BCUT2D eigenvalue weighted by Crippen LogP contribution is 2.08. The Morgan fingerprint density at radius 3 is 2.81 bits per heavy atom. The van der Waals surface area contributed by atoms with E-state index in [9.17, 15) is 8.42 Å². The number of rotatable bonds is 7. The van der Waals surface area contributed by atoms with Crippen LogP contribution in [-0.4, -0.2) is 25.0 Å². The molecule has 0 unspecified atom stereocenters. The molecule has 1 aromatic heterocycles. The van der Waals surface area contributed by atoms with Gasteiger partial charge in [0.15, 0.2) is 0 Å². The molecular formula is C9H15ClN2O2S2. The molecule has 0 aliphatic rings. The topological polar surface area (TPSA) is 59.1 Å². The quantitative estimate of drug-likeness (QED) is 0.614. The molecule has 0 saturated heterocycles. The second kappa shape index (κ2) is 6.54. The molecule has 0 amide bonds. The third kappa shape index (κ3) is 5.25. The zero-order valence-corrected chi connectivity index (χ0v) is 11.5. The van der Waals surface area contributed by atoms with E-state index in [0.29, 0.717) is 12.3 Å². The molecule has 1 N–H and O–H groups in total. The summed E-state index contributed by atoms with van der Waals surface area (Å²) in [5.41, 5.74) is 0.767. The summed E-state index contributed by atoms with van der Waals surface area (Å²) in [6.07, 6.45) is 1.31. The second-order valence-electron chi connectivity index (χ2n) is 3.39. The van der Waals surface area contributed by atoms with Crippen molar-refractivity contribution < 1.29 is 8.42 Å². The van der Waals surface area contributed by atoms with Gasteiger partial charge in [0.2, 0.25) is 10.0 Å². The Labute approximate surface area is 105 Å². The lowest BCUT2D eigenvalue weighted by atomic mass is 10.4. The molecule has 1 rings (SSSR count). The monoisotopic (exact) mass is 282 g/mol. The van der Waals surface area contributed by atoms with Crippen LogP contribution in [-0.2, 0) is 16.6 Å². The van der Waals surface area contributed by atoms with Gasteiger partial charge in [-0.15, -0.1) is 22.9 Å². The zero-order chi connectivity index (χ0) is 12.0. The molecule has 0 aliphatic carbocycles. The molecule has 16 heavy (non-hydrogen) atoms. The lowest BCUT2D eigenvalue weighted by molar-refractivity contribution is 0.577. The van der Waals surface area contributed by atoms with Gasteiger partial charge in [0.05, 0.1) is 23.0 Å². The first-order valence-corrected chi connectivity index (χ1v) is 8.04. The van der Waals surface area contributed by atoms with E-state index in [1.54, 1.807) is 0 Å². The summed E-state index contributed by atoms with van der Waals surface area (Å²) in [4.78, 5) is 4.18. The summed E-state index contributed by atoms with van der Waals surface area (Å²) >= 11 is 7.00. The number of alkyl halides is 1. The summed E-state index contributed by atoms with van der Waals surface area (Å²) in [5.74, 6) is 0.629. The minimum absolute atomic E-state index is 0.128. The van der Waals surface area contributed by atoms with Crippen LogP contribution in [0.3, 0.4) is 0 Å². The average Bonchev–Trinajstić information content (AvgIpc) is 2.62. The van der Waals surface area contributed by atoms with Crippen molar-refractivity contribution in [3.63, 3.8) is 0 Å². The van der Waals surface area contributed by atoms with Crippen molar-refractivity contribution in [3.8, 4) is 0 Å². The fourth-order valence-electron chi connectivity index (χ4n) is 1.13. The van der Waals surface area contributed by atoms with Crippen molar-refractivity contribution in [1.29, 1.82) is 0 Å². The molecule has 92 valence electrons. The predicted octanol–water partition coefficient (Wildman–Crippen LogP) is 1.89. The van der Waals surface area contributed by atoms with Gasteiger partial charge in [-0.2, -0.15) is 0 Å². The van der Waals surface area contributed by atoms with Gasteiger partial charge in [-0.1, -0.05) is 0 Å². The Morgan fingerprint density at radius 1 is 1.50 bits per heavy atom. The second-order valence-corrected chi connectivity index (χ2v) is 6.76. The first kappa shape index (κ1) is 13.9. The van der Waals surface area contributed by atoms with Crippen LogP contribution in [0.4, 0.5) is 0 Å². The SMILES string of the molecule is Cc1nc(CNS(=O)(=O)CCCCCl)cs1. The molecule has 1 aromatic rings. The van der Waals surface area contributed by atoms with Crippen molar-refractivity contribution >= 4 is 33.0 Å². The lowest BCUT2D eigenvalue weighted by Gasteiger charge is -2.04. The van der Waals surface area contributed by atoms with Crippen LogP contribution in [0.15, 0.2) is 5.38 Å². The molecule has 0 bridgehead atoms. The van der Waals surface area contributed by atoms with Crippen molar-refractivity contribution in [3.05, 3.63) is 16.1 Å². The molecular weight excluding hydrogens is 268 g/mol. The summed E-state index contributed by atoms with van der Waals surface area (Å²) in [7, 11) is -3.19. The fraction of sp³-hybridized carbons (Fsp3) is 0.667. The molecule has 7 heteroatoms. The minimum atomic E-state index is -3.19. The molecule has 0 aliphatic heterocycles. The maximum atomic E-state index is 11.5. The minimum Gasteiger partial charge on any atom is -0.245 e.